The van der Waals surface area contributed by atoms with E-state index < -0.39 is 0 Å². The van der Waals surface area contributed by atoms with E-state index in [2.05, 4.69) is 0 Å². The average molecular weight is 272 g/mol. The zero-order valence-corrected chi connectivity index (χ0v) is 11.5. The van der Waals surface area contributed by atoms with Gasteiger partial charge in [-0.2, -0.15) is 0 Å². The van der Waals surface area contributed by atoms with E-state index in [0.29, 0.717) is 23.7 Å². The van der Waals surface area contributed by atoms with Crippen LogP contribution in [0.5, 0.6) is 17.2 Å². The topological polar surface area (TPSA) is 44.8 Å². The number of carbonyl (C=O) groups is 1. The molecule has 0 aliphatic heterocycles. The van der Waals surface area contributed by atoms with Gasteiger partial charge in [-0.3, -0.25) is 4.79 Å². The van der Waals surface area contributed by atoms with E-state index in [1.54, 1.807) is 32.4 Å². The van der Waals surface area contributed by atoms with Gasteiger partial charge in [-0.15, -0.1) is 0 Å². The number of benzene rings is 2. The Morgan fingerprint density at radius 1 is 0.950 bits per heavy atom. The van der Waals surface area contributed by atoms with Gasteiger partial charge in [0.1, 0.15) is 18.6 Å². The van der Waals surface area contributed by atoms with Gasteiger partial charge in [0.15, 0.2) is 11.5 Å². The smallest absolute Gasteiger partial charge is 0.162 e. The van der Waals surface area contributed by atoms with Crippen LogP contribution in [-0.2, 0) is 6.61 Å². The van der Waals surface area contributed by atoms with Gasteiger partial charge in [0.05, 0.1) is 14.2 Å². The average Bonchev–Trinajstić information content (AvgIpc) is 2.52. The van der Waals surface area contributed by atoms with Crippen molar-refractivity contribution in [3.63, 3.8) is 0 Å². The molecular formula is C16H16O4. The molecule has 4 nitrogen and oxygen atoms in total. The van der Waals surface area contributed by atoms with Crippen LogP contribution in [0.1, 0.15) is 15.9 Å². The number of aldehydes is 1. The number of hydrogen-bond donors (Lipinski definition) is 0. The van der Waals surface area contributed by atoms with E-state index >= 15 is 0 Å². The molecule has 0 aromatic heterocycles. The first-order valence-electron chi connectivity index (χ1n) is 6.16. The van der Waals surface area contributed by atoms with Crippen LogP contribution in [-0.4, -0.2) is 20.5 Å². The third kappa shape index (κ3) is 3.09. The maximum atomic E-state index is 10.8. The maximum absolute atomic E-state index is 10.8. The molecule has 20 heavy (non-hydrogen) atoms. The summed E-state index contributed by atoms with van der Waals surface area (Å²) in [7, 11) is 3.18. The van der Waals surface area contributed by atoms with Crippen molar-refractivity contribution in [1.29, 1.82) is 0 Å². The van der Waals surface area contributed by atoms with Crippen molar-refractivity contribution < 1.29 is 19.0 Å². The molecule has 0 bridgehead atoms. The number of methoxy groups -OCH3 is 2. The summed E-state index contributed by atoms with van der Waals surface area (Å²) >= 11 is 0. The lowest BCUT2D eigenvalue weighted by Crippen LogP contribution is -2.00. The molecule has 2 rings (SSSR count). The molecule has 0 spiro atoms. The molecule has 0 radical (unpaired) electrons. The van der Waals surface area contributed by atoms with Crippen molar-refractivity contribution in [2.45, 2.75) is 6.61 Å². The predicted octanol–water partition coefficient (Wildman–Crippen LogP) is 3.10. The van der Waals surface area contributed by atoms with E-state index in [-0.39, 0.29) is 0 Å². The van der Waals surface area contributed by atoms with Crippen molar-refractivity contribution >= 4 is 6.29 Å². The van der Waals surface area contributed by atoms with E-state index in [9.17, 15) is 4.79 Å². The number of carbonyl (C=O) groups excluding carboxylic acids is 1. The summed E-state index contributed by atoms with van der Waals surface area (Å²) in [5.41, 5.74) is 1.47. The first-order chi connectivity index (χ1) is 9.78. The largest absolute Gasteiger partial charge is 0.496 e. The van der Waals surface area contributed by atoms with E-state index in [1.807, 2.05) is 24.3 Å². The molecule has 0 saturated carbocycles. The Hall–Kier alpha value is -2.49. The minimum atomic E-state index is 0.336. The molecule has 0 heterocycles. The fraction of sp³-hybridized carbons (Fsp3) is 0.188. The zero-order valence-electron chi connectivity index (χ0n) is 11.5. The maximum Gasteiger partial charge on any atom is 0.162 e. The van der Waals surface area contributed by atoms with Gasteiger partial charge in [0.2, 0.25) is 0 Å². The highest BCUT2D eigenvalue weighted by atomic mass is 16.5. The Morgan fingerprint density at radius 2 is 1.70 bits per heavy atom. The second-order valence-corrected chi connectivity index (χ2v) is 4.13. The Labute approximate surface area is 117 Å². The third-order valence-electron chi connectivity index (χ3n) is 2.90. The molecule has 2 aromatic carbocycles. The number of hydrogen-bond acceptors (Lipinski definition) is 4. The molecule has 0 amide bonds. The minimum absolute atomic E-state index is 0.336. The molecule has 4 heteroatoms. The molecule has 2 aromatic rings. The number of para-hydroxylation sites is 1. The minimum Gasteiger partial charge on any atom is -0.496 e. The zero-order chi connectivity index (χ0) is 14.4. The lowest BCUT2D eigenvalue weighted by atomic mass is 10.2. The van der Waals surface area contributed by atoms with E-state index in [4.69, 9.17) is 14.2 Å². The Morgan fingerprint density at radius 3 is 2.40 bits per heavy atom. The van der Waals surface area contributed by atoms with Crippen LogP contribution in [0.25, 0.3) is 0 Å². The van der Waals surface area contributed by atoms with Gasteiger partial charge in [-0.25, -0.2) is 0 Å². The fourth-order valence-electron chi connectivity index (χ4n) is 1.86. The Balaban J connectivity index is 2.19. The SMILES string of the molecule is COc1ccccc1COc1cc(C=O)ccc1OC. The highest BCUT2D eigenvalue weighted by Gasteiger charge is 2.08. The summed E-state index contributed by atoms with van der Waals surface area (Å²) in [6.45, 7) is 0.336. The van der Waals surface area contributed by atoms with Crippen molar-refractivity contribution in [2.75, 3.05) is 14.2 Å². The summed E-state index contributed by atoms with van der Waals surface area (Å²) in [6, 6.07) is 12.7. The molecule has 0 fully saturated rings. The van der Waals surface area contributed by atoms with Crippen LogP contribution in [0.2, 0.25) is 0 Å². The van der Waals surface area contributed by atoms with Gasteiger partial charge in [0.25, 0.3) is 0 Å². The molecule has 104 valence electrons. The third-order valence-corrected chi connectivity index (χ3v) is 2.90. The van der Waals surface area contributed by atoms with Gasteiger partial charge < -0.3 is 14.2 Å². The van der Waals surface area contributed by atoms with Crippen molar-refractivity contribution in [2.24, 2.45) is 0 Å². The Bertz CT molecular complexity index is 593. The molecule has 0 aliphatic carbocycles. The molecule has 0 aliphatic rings. The highest BCUT2D eigenvalue weighted by molar-refractivity contribution is 5.76. The standard InChI is InChI=1S/C16H16O4/c1-18-14-6-4-3-5-13(14)11-20-16-9-12(10-17)7-8-15(16)19-2/h3-10H,11H2,1-2H3. The van der Waals surface area contributed by atoms with Crippen LogP contribution in [0.4, 0.5) is 0 Å². The lowest BCUT2D eigenvalue weighted by molar-refractivity contribution is 0.112. The summed E-state index contributed by atoms with van der Waals surface area (Å²) in [5, 5.41) is 0. The molecule has 0 atom stereocenters. The predicted molar refractivity (Wildman–Crippen MR) is 75.7 cm³/mol. The van der Waals surface area contributed by atoms with E-state index in [0.717, 1.165) is 17.6 Å². The van der Waals surface area contributed by atoms with Gasteiger partial charge in [-0.1, -0.05) is 18.2 Å². The Kier molecular flexibility index (Phi) is 4.60. The van der Waals surface area contributed by atoms with Gasteiger partial charge in [-0.05, 0) is 24.3 Å². The second-order valence-electron chi connectivity index (χ2n) is 4.13. The van der Waals surface area contributed by atoms with Crippen LogP contribution >= 0.6 is 0 Å². The molecule has 0 N–H and O–H groups in total. The van der Waals surface area contributed by atoms with Crippen LogP contribution in [0.3, 0.4) is 0 Å². The number of rotatable bonds is 6. The van der Waals surface area contributed by atoms with Crippen LogP contribution < -0.4 is 14.2 Å². The van der Waals surface area contributed by atoms with Crippen LogP contribution in [0, 0.1) is 0 Å². The summed E-state index contributed by atoms with van der Waals surface area (Å²) in [5.74, 6) is 1.88. The summed E-state index contributed by atoms with van der Waals surface area (Å²) in [6.07, 6.45) is 0.773. The highest BCUT2D eigenvalue weighted by Crippen LogP contribution is 2.29. The molecule has 0 unspecified atom stereocenters. The summed E-state index contributed by atoms with van der Waals surface area (Å²) < 4.78 is 16.2. The van der Waals surface area contributed by atoms with Gasteiger partial charge in [0, 0.05) is 11.1 Å². The fourth-order valence-corrected chi connectivity index (χ4v) is 1.86. The normalized spacial score (nSPS) is 9.90. The van der Waals surface area contributed by atoms with Crippen molar-refractivity contribution in [3.05, 3.63) is 53.6 Å². The second kappa shape index (κ2) is 6.61. The van der Waals surface area contributed by atoms with Crippen LogP contribution in [0.15, 0.2) is 42.5 Å². The number of ether oxygens (including phenoxy) is 3. The lowest BCUT2D eigenvalue weighted by Gasteiger charge is -2.13. The first kappa shape index (κ1) is 13.9. The molecule has 0 saturated heterocycles. The first-order valence-corrected chi connectivity index (χ1v) is 6.16. The van der Waals surface area contributed by atoms with E-state index in [1.165, 1.54) is 0 Å². The monoisotopic (exact) mass is 272 g/mol. The molecular weight excluding hydrogens is 256 g/mol. The van der Waals surface area contributed by atoms with Gasteiger partial charge >= 0.3 is 0 Å². The summed E-state index contributed by atoms with van der Waals surface area (Å²) in [4.78, 5) is 10.8. The quantitative estimate of drug-likeness (QED) is 0.758. The van der Waals surface area contributed by atoms with Crippen molar-refractivity contribution in [1.82, 2.24) is 0 Å². The van der Waals surface area contributed by atoms with Crippen molar-refractivity contribution in [3.8, 4) is 17.2 Å².